The Morgan fingerprint density at radius 1 is 1.17 bits per heavy atom. The summed E-state index contributed by atoms with van der Waals surface area (Å²) >= 11 is 0. The van der Waals surface area contributed by atoms with Gasteiger partial charge in [0.15, 0.2) is 0 Å². The van der Waals surface area contributed by atoms with E-state index in [2.05, 4.69) is 41.4 Å². The third-order valence-corrected chi connectivity index (χ3v) is 3.74. The van der Waals surface area contributed by atoms with E-state index in [0.717, 1.165) is 6.54 Å². The molecule has 0 spiro atoms. The van der Waals surface area contributed by atoms with E-state index in [-0.39, 0.29) is 0 Å². The number of unbranched alkanes of at least 4 members (excludes halogenated alkanes) is 2. The van der Waals surface area contributed by atoms with E-state index < -0.39 is 0 Å². The molecule has 1 aliphatic rings. The van der Waals surface area contributed by atoms with Crippen LogP contribution in [0.15, 0.2) is 24.3 Å². The van der Waals surface area contributed by atoms with Gasteiger partial charge in [-0.3, -0.25) is 0 Å². The summed E-state index contributed by atoms with van der Waals surface area (Å²) in [6.07, 6.45) is 6.54. The van der Waals surface area contributed by atoms with E-state index in [0.29, 0.717) is 0 Å². The Bertz CT molecular complexity index is 349. The Hall–Kier alpha value is -1.02. The van der Waals surface area contributed by atoms with Crippen molar-refractivity contribution in [2.24, 2.45) is 0 Å². The molecule has 0 unspecified atom stereocenters. The Balaban J connectivity index is 1.74. The molecule has 2 rings (SSSR count). The summed E-state index contributed by atoms with van der Waals surface area (Å²) in [6, 6.07) is 8.90. The zero-order valence-corrected chi connectivity index (χ0v) is 11.6. The number of aryl methyl sites for hydroxylation is 1. The van der Waals surface area contributed by atoms with Crippen LogP contribution in [-0.2, 0) is 6.42 Å². The minimum atomic E-state index is 1.10. The van der Waals surface area contributed by atoms with Gasteiger partial charge in [0, 0.05) is 18.8 Å². The van der Waals surface area contributed by atoms with Gasteiger partial charge in [-0.1, -0.05) is 31.5 Å². The predicted octanol–water partition coefficient (Wildman–Crippen LogP) is 3.22. The largest absolute Gasteiger partial charge is 0.371 e. The molecule has 0 aromatic heterocycles. The van der Waals surface area contributed by atoms with Gasteiger partial charge in [0.05, 0.1) is 0 Å². The van der Waals surface area contributed by atoms with Crippen molar-refractivity contribution in [2.75, 3.05) is 31.1 Å². The van der Waals surface area contributed by atoms with Gasteiger partial charge >= 0.3 is 0 Å². The first kappa shape index (κ1) is 13.4. The van der Waals surface area contributed by atoms with Crippen LogP contribution in [0.1, 0.15) is 38.2 Å². The number of nitrogens with zero attached hydrogens (tertiary/aromatic N) is 1. The number of benzene rings is 1. The Labute approximate surface area is 111 Å². The summed E-state index contributed by atoms with van der Waals surface area (Å²) in [5.74, 6) is 0. The molecular formula is C16H26N2. The summed E-state index contributed by atoms with van der Waals surface area (Å²) in [7, 11) is 0. The molecule has 0 atom stereocenters. The quantitative estimate of drug-likeness (QED) is 0.743. The summed E-state index contributed by atoms with van der Waals surface area (Å²) in [4.78, 5) is 2.58. The molecular weight excluding hydrogens is 220 g/mol. The zero-order valence-electron chi connectivity index (χ0n) is 11.6. The molecule has 0 saturated carbocycles. The summed E-state index contributed by atoms with van der Waals surface area (Å²) in [5, 5.41) is 3.39. The lowest BCUT2D eigenvalue weighted by Crippen LogP contribution is -2.30. The minimum Gasteiger partial charge on any atom is -0.371 e. The fourth-order valence-electron chi connectivity index (χ4n) is 2.75. The van der Waals surface area contributed by atoms with Gasteiger partial charge in [-0.25, -0.2) is 0 Å². The SMILES string of the molecule is CCNCCCCCN1CCCc2ccccc21. The Morgan fingerprint density at radius 3 is 2.94 bits per heavy atom. The molecule has 18 heavy (non-hydrogen) atoms. The molecule has 1 aliphatic heterocycles. The fourth-order valence-corrected chi connectivity index (χ4v) is 2.75. The molecule has 0 amide bonds. The molecule has 1 aromatic rings. The van der Waals surface area contributed by atoms with Gasteiger partial charge in [0.1, 0.15) is 0 Å². The molecule has 0 bridgehead atoms. The van der Waals surface area contributed by atoms with Crippen molar-refractivity contribution in [2.45, 2.75) is 39.0 Å². The topological polar surface area (TPSA) is 15.3 Å². The number of hydrogen-bond acceptors (Lipinski definition) is 2. The molecule has 0 aliphatic carbocycles. The number of para-hydroxylation sites is 1. The van der Waals surface area contributed by atoms with Crippen molar-refractivity contribution in [3.05, 3.63) is 29.8 Å². The first-order valence-electron chi connectivity index (χ1n) is 7.45. The highest BCUT2D eigenvalue weighted by molar-refractivity contribution is 5.55. The van der Waals surface area contributed by atoms with Crippen LogP contribution in [0.3, 0.4) is 0 Å². The van der Waals surface area contributed by atoms with Gasteiger partial charge in [-0.2, -0.15) is 0 Å². The molecule has 2 heteroatoms. The Kier molecular flexibility index (Phi) is 5.53. The van der Waals surface area contributed by atoms with Gasteiger partial charge in [0.2, 0.25) is 0 Å². The molecule has 0 fully saturated rings. The van der Waals surface area contributed by atoms with Crippen molar-refractivity contribution in [1.29, 1.82) is 0 Å². The maximum absolute atomic E-state index is 3.39. The van der Waals surface area contributed by atoms with Crippen LogP contribution < -0.4 is 10.2 Å². The lowest BCUT2D eigenvalue weighted by Gasteiger charge is -2.31. The summed E-state index contributed by atoms with van der Waals surface area (Å²) < 4.78 is 0. The average Bonchev–Trinajstić information content (AvgIpc) is 2.43. The molecule has 1 N–H and O–H groups in total. The number of fused-ring (bicyclic) bond motifs is 1. The number of nitrogens with one attached hydrogen (secondary N) is 1. The third kappa shape index (κ3) is 3.74. The molecule has 100 valence electrons. The van der Waals surface area contributed by atoms with Gasteiger partial charge in [-0.15, -0.1) is 0 Å². The van der Waals surface area contributed by atoms with Gasteiger partial charge in [-0.05, 0) is 50.4 Å². The maximum atomic E-state index is 3.39. The highest BCUT2D eigenvalue weighted by Crippen LogP contribution is 2.26. The van der Waals surface area contributed by atoms with Crippen LogP contribution >= 0.6 is 0 Å². The van der Waals surface area contributed by atoms with Crippen LogP contribution in [0.25, 0.3) is 0 Å². The summed E-state index contributed by atoms with van der Waals surface area (Å²) in [5.41, 5.74) is 3.02. The van der Waals surface area contributed by atoms with E-state index in [9.17, 15) is 0 Å². The van der Waals surface area contributed by atoms with E-state index in [1.807, 2.05) is 0 Å². The smallest absolute Gasteiger partial charge is 0.0398 e. The molecule has 0 radical (unpaired) electrons. The molecule has 1 aromatic carbocycles. The van der Waals surface area contributed by atoms with Crippen LogP contribution in [0.2, 0.25) is 0 Å². The zero-order chi connectivity index (χ0) is 12.6. The van der Waals surface area contributed by atoms with Crippen LogP contribution in [0, 0.1) is 0 Å². The van der Waals surface area contributed by atoms with Crippen molar-refractivity contribution in [3.63, 3.8) is 0 Å². The minimum absolute atomic E-state index is 1.10. The van der Waals surface area contributed by atoms with E-state index in [1.54, 1.807) is 0 Å². The van der Waals surface area contributed by atoms with Gasteiger partial charge < -0.3 is 10.2 Å². The lowest BCUT2D eigenvalue weighted by atomic mass is 10.0. The van der Waals surface area contributed by atoms with Crippen molar-refractivity contribution < 1.29 is 0 Å². The van der Waals surface area contributed by atoms with E-state index in [4.69, 9.17) is 0 Å². The molecule has 0 saturated heterocycles. The average molecular weight is 246 g/mol. The van der Waals surface area contributed by atoms with Crippen molar-refractivity contribution >= 4 is 5.69 Å². The second-order valence-electron chi connectivity index (χ2n) is 5.13. The molecule has 1 heterocycles. The monoisotopic (exact) mass is 246 g/mol. The maximum Gasteiger partial charge on any atom is 0.0398 e. The van der Waals surface area contributed by atoms with E-state index in [1.165, 1.54) is 63.0 Å². The number of hydrogen-bond donors (Lipinski definition) is 1. The van der Waals surface area contributed by atoms with Crippen LogP contribution in [-0.4, -0.2) is 26.2 Å². The van der Waals surface area contributed by atoms with E-state index >= 15 is 0 Å². The highest BCUT2D eigenvalue weighted by atomic mass is 15.1. The van der Waals surface area contributed by atoms with Crippen LogP contribution in [0.5, 0.6) is 0 Å². The Morgan fingerprint density at radius 2 is 2.06 bits per heavy atom. The normalized spacial score (nSPS) is 14.6. The first-order valence-corrected chi connectivity index (χ1v) is 7.45. The molecule has 2 nitrogen and oxygen atoms in total. The van der Waals surface area contributed by atoms with Crippen molar-refractivity contribution in [1.82, 2.24) is 5.32 Å². The van der Waals surface area contributed by atoms with Crippen molar-refractivity contribution in [3.8, 4) is 0 Å². The number of rotatable bonds is 7. The standard InChI is InChI=1S/C16H26N2/c1-2-17-12-6-3-7-13-18-14-8-10-15-9-4-5-11-16(15)18/h4-5,9,11,17H,2-3,6-8,10,12-14H2,1H3. The second kappa shape index (κ2) is 7.42. The second-order valence-corrected chi connectivity index (χ2v) is 5.13. The predicted molar refractivity (Wildman–Crippen MR) is 79.4 cm³/mol. The third-order valence-electron chi connectivity index (χ3n) is 3.74. The summed E-state index contributed by atoms with van der Waals surface area (Å²) in [6.45, 7) is 6.91. The number of anilines is 1. The lowest BCUT2D eigenvalue weighted by molar-refractivity contribution is 0.595. The first-order chi connectivity index (χ1) is 8.92. The van der Waals surface area contributed by atoms with Crippen LogP contribution in [0.4, 0.5) is 5.69 Å². The van der Waals surface area contributed by atoms with Gasteiger partial charge in [0.25, 0.3) is 0 Å². The highest BCUT2D eigenvalue weighted by Gasteiger charge is 2.14. The fraction of sp³-hybridized carbons (Fsp3) is 0.625.